The number of pyridine rings is 1. The average Bonchev–Trinajstić information content (AvgIpc) is 2.54. The summed E-state index contributed by atoms with van der Waals surface area (Å²) in [5, 5.41) is 2.72. The van der Waals surface area contributed by atoms with Crippen molar-refractivity contribution < 1.29 is 14.3 Å². The first-order chi connectivity index (χ1) is 11.5. The number of aromatic nitrogens is 1. The minimum atomic E-state index is -0.334. The fourth-order valence-electron chi connectivity index (χ4n) is 2.16. The van der Waals surface area contributed by atoms with Crippen LogP contribution in [0, 0.1) is 6.92 Å². The molecule has 0 aliphatic heterocycles. The predicted molar refractivity (Wildman–Crippen MR) is 95.6 cm³/mol. The molecule has 0 fully saturated rings. The highest BCUT2D eigenvalue weighted by atomic mass is 79.9. The molecule has 0 spiro atoms. The summed E-state index contributed by atoms with van der Waals surface area (Å²) < 4.78 is 13.2. The summed E-state index contributed by atoms with van der Waals surface area (Å²) in [6.07, 6.45) is 1.69. The zero-order chi connectivity index (χ0) is 17.5. The van der Waals surface area contributed by atoms with E-state index in [1.54, 1.807) is 32.4 Å². The third-order valence-corrected chi connectivity index (χ3v) is 3.87. The number of ether oxygens (including phenoxy) is 2. The molecule has 0 aliphatic carbocycles. The Bertz CT molecular complexity index is 773. The Hall–Kier alpha value is -2.12. The second-order valence-corrected chi connectivity index (χ2v) is 6.04. The molecule has 0 saturated heterocycles. The van der Waals surface area contributed by atoms with Crippen LogP contribution in [-0.2, 0) is 16.1 Å². The largest absolute Gasteiger partial charge is 0.478 e. The molecule has 0 atom stereocenters. The van der Waals surface area contributed by atoms with Gasteiger partial charge < -0.3 is 19.4 Å². The number of hydrogen-bond donors (Lipinski definition) is 1. The molecule has 1 aromatic carbocycles. The van der Waals surface area contributed by atoms with Crippen LogP contribution in [0.1, 0.15) is 5.69 Å². The van der Waals surface area contributed by atoms with E-state index < -0.39 is 0 Å². The molecule has 0 unspecified atom stereocenters. The molecule has 24 heavy (non-hydrogen) atoms. The van der Waals surface area contributed by atoms with Gasteiger partial charge in [0.25, 0.3) is 5.91 Å². The molecule has 6 nitrogen and oxygen atoms in total. The van der Waals surface area contributed by atoms with E-state index in [-0.39, 0.29) is 23.7 Å². The number of methoxy groups -OCH3 is 1. The van der Waals surface area contributed by atoms with E-state index in [4.69, 9.17) is 9.47 Å². The summed E-state index contributed by atoms with van der Waals surface area (Å²) in [7, 11) is 1.61. The van der Waals surface area contributed by atoms with Crippen molar-refractivity contribution >= 4 is 27.5 Å². The van der Waals surface area contributed by atoms with Crippen molar-refractivity contribution in [2.45, 2.75) is 13.5 Å². The summed E-state index contributed by atoms with van der Waals surface area (Å²) in [4.78, 5) is 24.0. The first kappa shape index (κ1) is 18.2. The molecule has 7 heteroatoms. The number of nitrogens with one attached hydrogen (secondary N) is 1. The quantitative estimate of drug-likeness (QED) is 0.783. The lowest BCUT2D eigenvalue weighted by molar-refractivity contribution is -0.118. The van der Waals surface area contributed by atoms with Gasteiger partial charge in [-0.3, -0.25) is 9.59 Å². The van der Waals surface area contributed by atoms with Gasteiger partial charge >= 0.3 is 0 Å². The van der Waals surface area contributed by atoms with Crippen molar-refractivity contribution in [1.82, 2.24) is 4.57 Å². The minimum Gasteiger partial charge on any atom is -0.478 e. The number of carbonyl (C=O) groups excluding carboxylic acids is 1. The van der Waals surface area contributed by atoms with Crippen LogP contribution < -0.4 is 15.5 Å². The molecule has 1 amide bonds. The molecule has 0 bridgehead atoms. The number of anilines is 1. The number of amides is 1. The summed E-state index contributed by atoms with van der Waals surface area (Å²) in [5.74, 6) is -0.155. The predicted octanol–water partition coefficient (Wildman–Crippen LogP) is 2.58. The van der Waals surface area contributed by atoms with Crippen LogP contribution in [0.4, 0.5) is 5.69 Å². The standard InChI is InChI=1S/C17H19BrN2O4/c1-12-17(15(21)6-7-20(12)8-9-23-2)24-11-16(22)19-14-5-3-4-13(18)10-14/h3-7,10H,8-9,11H2,1-2H3,(H,19,22). The van der Waals surface area contributed by atoms with Gasteiger partial charge in [0.05, 0.1) is 12.3 Å². The molecule has 0 saturated carbocycles. The van der Waals surface area contributed by atoms with E-state index in [1.807, 2.05) is 16.7 Å². The molecule has 1 aromatic heterocycles. The van der Waals surface area contributed by atoms with E-state index in [1.165, 1.54) is 6.07 Å². The van der Waals surface area contributed by atoms with E-state index in [0.717, 1.165) is 4.47 Å². The van der Waals surface area contributed by atoms with Gasteiger partial charge in [0.15, 0.2) is 12.4 Å². The minimum absolute atomic E-state index is 0.179. The maximum absolute atomic E-state index is 12.0. The number of hydrogen-bond acceptors (Lipinski definition) is 4. The third-order valence-electron chi connectivity index (χ3n) is 3.38. The lowest BCUT2D eigenvalue weighted by Gasteiger charge is -2.14. The third kappa shape index (κ3) is 4.94. The van der Waals surface area contributed by atoms with Gasteiger partial charge in [0.1, 0.15) is 0 Å². The molecule has 0 aliphatic rings. The van der Waals surface area contributed by atoms with Gasteiger partial charge in [0, 0.05) is 36.1 Å². The number of rotatable bonds is 7. The van der Waals surface area contributed by atoms with Crippen LogP contribution in [0.2, 0.25) is 0 Å². The second-order valence-electron chi connectivity index (χ2n) is 5.13. The van der Waals surface area contributed by atoms with Gasteiger partial charge in [-0.25, -0.2) is 0 Å². The van der Waals surface area contributed by atoms with Crippen molar-refractivity contribution in [3.8, 4) is 5.75 Å². The first-order valence-corrected chi connectivity index (χ1v) is 8.17. The Kier molecular flexibility index (Phi) is 6.57. The average molecular weight is 395 g/mol. The van der Waals surface area contributed by atoms with Gasteiger partial charge in [-0.15, -0.1) is 0 Å². The molecule has 1 heterocycles. The molecular formula is C17H19BrN2O4. The zero-order valence-electron chi connectivity index (χ0n) is 13.5. The van der Waals surface area contributed by atoms with Gasteiger partial charge in [-0.1, -0.05) is 22.0 Å². The van der Waals surface area contributed by atoms with Crippen LogP contribution >= 0.6 is 15.9 Å². The van der Waals surface area contributed by atoms with Gasteiger partial charge in [0.2, 0.25) is 5.43 Å². The summed E-state index contributed by atoms with van der Waals surface area (Å²) in [6.45, 7) is 2.66. The smallest absolute Gasteiger partial charge is 0.262 e. The van der Waals surface area contributed by atoms with Crippen molar-refractivity contribution in [3.63, 3.8) is 0 Å². The monoisotopic (exact) mass is 394 g/mol. The maximum Gasteiger partial charge on any atom is 0.262 e. The maximum atomic E-state index is 12.0. The second kappa shape index (κ2) is 8.65. The number of halogens is 1. The molecule has 2 aromatic rings. The van der Waals surface area contributed by atoms with Gasteiger partial charge in [-0.05, 0) is 25.1 Å². The fraction of sp³-hybridized carbons (Fsp3) is 0.294. The van der Waals surface area contributed by atoms with Crippen molar-refractivity contribution in [2.24, 2.45) is 0 Å². The molecule has 2 rings (SSSR count). The van der Waals surface area contributed by atoms with E-state index in [2.05, 4.69) is 21.2 Å². The number of nitrogens with zero attached hydrogens (tertiary/aromatic N) is 1. The lowest BCUT2D eigenvalue weighted by Crippen LogP contribution is -2.24. The van der Waals surface area contributed by atoms with E-state index >= 15 is 0 Å². The molecule has 0 radical (unpaired) electrons. The lowest BCUT2D eigenvalue weighted by atomic mass is 10.3. The highest BCUT2D eigenvalue weighted by molar-refractivity contribution is 9.10. The van der Waals surface area contributed by atoms with Gasteiger partial charge in [-0.2, -0.15) is 0 Å². The highest BCUT2D eigenvalue weighted by Gasteiger charge is 2.11. The summed E-state index contributed by atoms with van der Waals surface area (Å²) in [5.41, 5.74) is 1.06. The summed E-state index contributed by atoms with van der Waals surface area (Å²) in [6, 6.07) is 8.65. The first-order valence-electron chi connectivity index (χ1n) is 7.38. The normalized spacial score (nSPS) is 10.5. The van der Waals surface area contributed by atoms with Crippen LogP contribution in [0.15, 0.2) is 45.8 Å². The van der Waals surface area contributed by atoms with Crippen molar-refractivity contribution in [2.75, 3.05) is 25.6 Å². The Morgan fingerprint density at radius 3 is 2.83 bits per heavy atom. The Labute approximate surface area is 148 Å². The molecule has 128 valence electrons. The Balaban J connectivity index is 2.03. The van der Waals surface area contributed by atoms with Crippen LogP contribution in [0.25, 0.3) is 0 Å². The number of carbonyl (C=O) groups is 1. The fourth-order valence-corrected chi connectivity index (χ4v) is 2.56. The summed E-state index contributed by atoms with van der Waals surface area (Å²) >= 11 is 3.34. The van der Waals surface area contributed by atoms with E-state index in [9.17, 15) is 9.59 Å². The zero-order valence-corrected chi connectivity index (χ0v) is 15.1. The Morgan fingerprint density at radius 1 is 1.33 bits per heavy atom. The topological polar surface area (TPSA) is 69.6 Å². The Morgan fingerprint density at radius 2 is 2.12 bits per heavy atom. The van der Waals surface area contributed by atoms with Crippen LogP contribution in [0.5, 0.6) is 5.75 Å². The van der Waals surface area contributed by atoms with Crippen molar-refractivity contribution in [3.05, 3.63) is 56.9 Å². The number of benzene rings is 1. The van der Waals surface area contributed by atoms with E-state index in [0.29, 0.717) is 24.5 Å². The highest BCUT2D eigenvalue weighted by Crippen LogP contribution is 2.16. The molecular weight excluding hydrogens is 376 g/mol. The van der Waals surface area contributed by atoms with Crippen LogP contribution in [0.3, 0.4) is 0 Å². The van der Waals surface area contributed by atoms with Crippen molar-refractivity contribution in [1.29, 1.82) is 0 Å². The SMILES string of the molecule is COCCn1ccc(=O)c(OCC(=O)Nc2cccc(Br)c2)c1C. The van der Waals surface area contributed by atoms with Crippen LogP contribution in [-0.4, -0.2) is 30.8 Å². The molecule has 1 N–H and O–H groups in total.